The van der Waals surface area contributed by atoms with Gasteiger partial charge in [0.25, 0.3) is 0 Å². The number of nitrogens with zero attached hydrogens (tertiary/aromatic N) is 2. The highest BCUT2D eigenvalue weighted by Gasteiger charge is 2.08. The molecule has 0 saturated heterocycles. The standard InChI is InChI=1S/C21H18N2O/c1-16-8-9-20(14-18(15-22)17-6-4-3-5-7-17)23(16)19-10-12-21(24-2)13-11-19/h3-14H,1-2H3/b18-14+. The van der Waals surface area contributed by atoms with Crippen LogP contribution in [0.4, 0.5) is 0 Å². The molecule has 0 saturated carbocycles. The molecule has 0 N–H and O–H groups in total. The Morgan fingerprint density at radius 3 is 2.33 bits per heavy atom. The molecule has 0 aliphatic carbocycles. The summed E-state index contributed by atoms with van der Waals surface area (Å²) < 4.78 is 7.35. The van der Waals surface area contributed by atoms with Crippen molar-refractivity contribution in [2.24, 2.45) is 0 Å². The highest BCUT2D eigenvalue weighted by molar-refractivity contribution is 5.89. The first kappa shape index (κ1) is 15.6. The molecule has 118 valence electrons. The molecular weight excluding hydrogens is 296 g/mol. The first-order valence-electron chi connectivity index (χ1n) is 7.73. The first-order valence-corrected chi connectivity index (χ1v) is 7.73. The average molecular weight is 314 g/mol. The van der Waals surface area contributed by atoms with Gasteiger partial charge in [-0.25, -0.2) is 0 Å². The van der Waals surface area contributed by atoms with E-state index < -0.39 is 0 Å². The molecule has 24 heavy (non-hydrogen) atoms. The minimum absolute atomic E-state index is 0.642. The molecule has 1 heterocycles. The van der Waals surface area contributed by atoms with E-state index in [1.165, 1.54) is 0 Å². The van der Waals surface area contributed by atoms with Crippen molar-refractivity contribution >= 4 is 11.6 Å². The first-order chi connectivity index (χ1) is 11.7. The van der Waals surface area contributed by atoms with E-state index in [4.69, 9.17) is 4.74 Å². The van der Waals surface area contributed by atoms with Crippen LogP contribution in [0.25, 0.3) is 17.3 Å². The number of hydrogen-bond acceptors (Lipinski definition) is 2. The second-order valence-corrected chi connectivity index (χ2v) is 5.47. The topological polar surface area (TPSA) is 38.0 Å². The summed E-state index contributed by atoms with van der Waals surface area (Å²) in [5.74, 6) is 0.822. The summed E-state index contributed by atoms with van der Waals surface area (Å²) >= 11 is 0. The van der Waals surface area contributed by atoms with Crippen molar-refractivity contribution in [1.29, 1.82) is 5.26 Å². The summed E-state index contributed by atoms with van der Waals surface area (Å²) in [6.45, 7) is 2.05. The number of nitriles is 1. The molecule has 0 aliphatic heterocycles. The summed E-state index contributed by atoms with van der Waals surface area (Å²) in [4.78, 5) is 0. The SMILES string of the molecule is COc1ccc(-n2c(C)ccc2/C=C(\C#N)c2ccccc2)cc1. The van der Waals surface area contributed by atoms with Crippen LogP contribution in [0.1, 0.15) is 17.0 Å². The van der Waals surface area contributed by atoms with Gasteiger partial charge in [-0.2, -0.15) is 5.26 Å². The highest BCUT2D eigenvalue weighted by Crippen LogP contribution is 2.24. The van der Waals surface area contributed by atoms with Gasteiger partial charge in [-0.05, 0) is 55.0 Å². The molecule has 3 heteroatoms. The Hall–Kier alpha value is -3.25. The van der Waals surface area contributed by atoms with Gasteiger partial charge in [0, 0.05) is 17.1 Å². The van der Waals surface area contributed by atoms with Gasteiger partial charge in [-0.15, -0.1) is 0 Å². The normalized spacial score (nSPS) is 11.1. The number of aromatic nitrogens is 1. The van der Waals surface area contributed by atoms with Crippen LogP contribution >= 0.6 is 0 Å². The number of allylic oxidation sites excluding steroid dienone is 1. The van der Waals surface area contributed by atoms with Crippen LogP contribution in [0.5, 0.6) is 5.75 Å². The van der Waals surface area contributed by atoms with Crippen molar-refractivity contribution in [2.75, 3.05) is 7.11 Å². The third-order valence-corrected chi connectivity index (χ3v) is 3.93. The van der Waals surface area contributed by atoms with Crippen LogP contribution in [-0.2, 0) is 0 Å². The van der Waals surface area contributed by atoms with Gasteiger partial charge >= 0.3 is 0 Å². The number of methoxy groups -OCH3 is 1. The lowest BCUT2D eigenvalue weighted by Crippen LogP contribution is -1.99. The molecule has 2 aromatic carbocycles. The van der Waals surface area contributed by atoms with E-state index in [2.05, 4.69) is 23.6 Å². The zero-order valence-corrected chi connectivity index (χ0v) is 13.7. The Balaban J connectivity index is 2.06. The zero-order chi connectivity index (χ0) is 16.9. The molecule has 3 nitrogen and oxygen atoms in total. The molecular formula is C21H18N2O. The van der Waals surface area contributed by atoms with Crippen LogP contribution in [-0.4, -0.2) is 11.7 Å². The monoisotopic (exact) mass is 314 g/mol. The molecule has 3 rings (SSSR count). The van der Waals surface area contributed by atoms with E-state index in [0.717, 1.165) is 28.4 Å². The van der Waals surface area contributed by atoms with Crippen molar-refractivity contribution in [2.45, 2.75) is 6.92 Å². The number of aryl methyl sites for hydroxylation is 1. The Bertz CT molecular complexity index is 897. The van der Waals surface area contributed by atoms with E-state index in [-0.39, 0.29) is 0 Å². The van der Waals surface area contributed by atoms with Gasteiger partial charge in [0.05, 0.1) is 18.8 Å². The number of ether oxygens (including phenoxy) is 1. The molecule has 0 unspecified atom stereocenters. The molecule has 0 atom stereocenters. The Kier molecular flexibility index (Phi) is 4.49. The Morgan fingerprint density at radius 2 is 1.71 bits per heavy atom. The van der Waals surface area contributed by atoms with Gasteiger partial charge in [0.2, 0.25) is 0 Å². The lowest BCUT2D eigenvalue weighted by atomic mass is 10.1. The smallest absolute Gasteiger partial charge is 0.119 e. The summed E-state index contributed by atoms with van der Waals surface area (Å²) in [5, 5.41) is 9.53. The summed E-state index contributed by atoms with van der Waals surface area (Å²) in [7, 11) is 1.66. The fourth-order valence-corrected chi connectivity index (χ4v) is 2.70. The predicted molar refractivity (Wildman–Crippen MR) is 97.0 cm³/mol. The molecule has 1 aromatic heterocycles. The lowest BCUT2D eigenvalue weighted by molar-refractivity contribution is 0.414. The average Bonchev–Trinajstić information content (AvgIpc) is 3.00. The summed E-state index contributed by atoms with van der Waals surface area (Å²) in [5.41, 5.74) is 4.67. The van der Waals surface area contributed by atoms with Crippen LogP contribution in [0.3, 0.4) is 0 Å². The highest BCUT2D eigenvalue weighted by atomic mass is 16.5. The maximum Gasteiger partial charge on any atom is 0.119 e. The number of rotatable bonds is 4. The number of hydrogen-bond donors (Lipinski definition) is 0. The third kappa shape index (κ3) is 3.09. The Morgan fingerprint density at radius 1 is 1.00 bits per heavy atom. The molecule has 3 aromatic rings. The molecule has 0 aliphatic rings. The van der Waals surface area contributed by atoms with Crippen LogP contribution in [0, 0.1) is 18.3 Å². The fourth-order valence-electron chi connectivity index (χ4n) is 2.70. The van der Waals surface area contributed by atoms with Gasteiger partial charge < -0.3 is 9.30 Å². The third-order valence-electron chi connectivity index (χ3n) is 3.93. The summed E-state index contributed by atoms with van der Waals surface area (Å²) in [6, 6.07) is 24.0. The van der Waals surface area contributed by atoms with Crippen molar-refractivity contribution in [3.63, 3.8) is 0 Å². The van der Waals surface area contributed by atoms with Crippen molar-refractivity contribution in [3.05, 3.63) is 83.7 Å². The molecule has 0 bridgehead atoms. The number of benzene rings is 2. The van der Waals surface area contributed by atoms with Crippen LogP contribution in [0.15, 0.2) is 66.7 Å². The van der Waals surface area contributed by atoms with Gasteiger partial charge in [0.15, 0.2) is 0 Å². The van der Waals surface area contributed by atoms with Crippen molar-refractivity contribution in [3.8, 4) is 17.5 Å². The van der Waals surface area contributed by atoms with Crippen LogP contribution in [0.2, 0.25) is 0 Å². The van der Waals surface area contributed by atoms with E-state index in [0.29, 0.717) is 5.57 Å². The fraction of sp³-hybridized carbons (Fsp3) is 0.0952. The van der Waals surface area contributed by atoms with E-state index in [1.54, 1.807) is 7.11 Å². The van der Waals surface area contributed by atoms with Crippen LogP contribution < -0.4 is 4.74 Å². The summed E-state index contributed by atoms with van der Waals surface area (Å²) in [6.07, 6.45) is 1.92. The van der Waals surface area contributed by atoms with E-state index in [9.17, 15) is 5.26 Å². The molecule has 0 radical (unpaired) electrons. The second kappa shape index (κ2) is 6.89. The molecule has 0 amide bonds. The predicted octanol–water partition coefficient (Wildman–Crippen LogP) is 4.86. The van der Waals surface area contributed by atoms with E-state index in [1.807, 2.05) is 66.7 Å². The second-order valence-electron chi connectivity index (χ2n) is 5.47. The van der Waals surface area contributed by atoms with E-state index >= 15 is 0 Å². The molecule has 0 fully saturated rings. The quantitative estimate of drug-likeness (QED) is 0.645. The van der Waals surface area contributed by atoms with Gasteiger partial charge in [0.1, 0.15) is 5.75 Å². The lowest BCUT2D eigenvalue weighted by Gasteiger charge is -2.11. The van der Waals surface area contributed by atoms with Crippen molar-refractivity contribution in [1.82, 2.24) is 4.57 Å². The Labute approximate surface area is 142 Å². The maximum absolute atomic E-state index is 9.53. The zero-order valence-electron chi connectivity index (χ0n) is 13.7. The van der Waals surface area contributed by atoms with Crippen molar-refractivity contribution < 1.29 is 4.74 Å². The maximum atomic E-state index is 9.53. The largest absolute Gasteiger partial charge is 0.497 e. The minimum atomic E-state index is 0.642. The minimum Gasteiger partial charge on any atom is -0.497 e. The van der Waals surface area contributed by atoms with Gasteiger partial charge in [-0.1, -0.05) is 30.3 Å². The van der Waals surface area contributed by atoms with Gasteiger partial charge in [-0.3, -0.25) is 0 Å². The molecule has 0 spiro atoms.